The smallest absolute Gasteiger partial charge is 0.407 e. The van der Waals surface area contributed by atoms with Crippen molar-refractivity contribution >= 4 is 74.4 Å². The predicted octanol–water partition coefficient (Wildman–Crippen LogP) is -0.302. The molecule has 0 bridgehead atoms. The molecule has 14 nitrogen and oxygen atoms in total. The molecule has 0 aromatic rings. The van der Waals surface area contributed by atoms with Gasteiger partial charge in [0, 0.05) is 50.0 Å². The first kappa shape index (κ1) is 33.5. The molecule has 1 atom stereocenters. The lowest BCUT2D eigenvalue weighted by Crippen LogP contribution is -2.51. The Hall–Kier alpha value is -2.53. The number of carbonyl (C=O) groups excluding carboxylic acids is 6. The van der Waals surface area contributed by atoms with Crippen molar-refractivity contribution in [3.63, 3.8) is 0 Å². The first-order chi connectivity index (χ1) is 17.3. The topological polar surface area (TPSA) is 181 Å². The molecule has 206 valence electrons. The molecule has 4 N–H and O–H groups in total. The van der Waals surface area contributed by atoms with Crippen LogP contribution in [0, 0.1) is 5.92 Å². The van der Waals surface area contributed by atoms with Gasteiger partial charge < -0.3 is 40.3 Å². The first-order valence-corrected chi connectivity index (χ1v) is 12.8. The van der Waals surface area contributed by atoms with Gasteiger partial charge in [-0.3, -0.25) is 9.69 Å². The number of aldehydes is 1. The van der Waals surface area contributed by atoms with Gasteiger partial charge in [-0.1, -0.05) is 0 Å². The number of thiol groups is 3. The Morgan fingerprint density at radius 3 is 1.61 bits per heavy atom. The molecule has 0 aromatic heterocycles. The molecule has 0 aliphatic rings. The first-order valence-electron chi connectivity index (χ1n) is 10.9. The highest BCUT2D eigenvalue weighted by Gasteiger charge is 2.28. The predicted molar refractivity (Wildman–Crippen MR) is 139 cm³/mol. The van der Waals surface area contributed by atoms with Crippen LogP contribution in [0.15, 0.2) is 0 Å². The van der Waals surface area contributed by atoms with Gasteiger partial charge in [0.1, 0.15) is 26.1 Å². The molecule has 0 heterocycles. The number of alkyl carbamates (subject to hydrolysis) is 3. The van der Waals surface area contributed by atoms with Gasteiger partial charge in [-0.15, -0.1) is 0 Å². The Kier molecular flexibility index (Phi) is 20.2. The van der Waals surface area contributed by atoms with Crippen LogP contribution in [0.2, 0.25) is 0 Å². The van der Waals surface area contributed by atoms with E-state index in [4.69, 9.17) is 14.2 Å². The third-order valence-corrected chi connectivity index (χ3v) is 4.51. The monoisotopic (exact) mass is 571 g/mol. The van der Waals surface area contributed by atoms with Crippen molar-refractivity contribution in [3.05, 3.63) is 0 Å². The van der Waals surface area contributed by atoms with Gasteiger partial charge >= 0.3 is 24.3 Å². The van der Waals surface area contributed by atoms with Crippen LogP contribution in [-0.2, 0) is 23.8 Å². The number of amides is 6. The fraction of sp³-hybridized carbons (Fsp3) is 0.684. The van der Waals surface area contributed by atoms with E-state index in [9.17, 15) is 28.8 Å². The van der Waals surface area contributed by atoms with Gasteiger partial charge in [0.25, 0.3) is 0 Å². The Morgan fingerprint density at radius 2 is 1.14 bits per heavy atom. The van der Waals surface area contributed by atoms with Crippen LogP contribution in [0.25, 0.3) is 0 Å². The van der Waals surface area contributed by atoms with E-state index in [0.717, 1.165) is 4.90 Å². The molecule has 0 saturated heterocycles. The van der Waals surface area contributed by atoms with E-state index in [1.54, 1.807) is 0 Å². The van der Waals surface area contributed by atoms with E-state index in [1.807, 2.05) is 0 Å². The van der Waals surface area contributed by atoms with Crippen molar-refractivity contribution in [1.82, 2.24) is 26.2 Å². The average molecular weight is 572 g/mol. The van der Waals surface area contributed by atoms with Crippen molar-refractivity contribution in [3.8, 4) is 0 Å². The van der Waals surface area contributed by atoms with Crippen molar-refractivity contribution < 1.29 is 43.0 Å². The van der Waals surface area contributed by atoms with Crippen LogP contribution in [0.1, 0.15) is 6.42 Å². The standard InChI is InChI=1S/C19H33N5O9S3/c25-13-14(1-2-21-17(28)31-7-10-34)15(26)24(6-5-23-19(30)33-9-12-36)16(27)20-3-4-22-18(29)32-8-11-35/h13-14,34-36H,1-12H2,(H,20,27)(H,21,28)(H,22,29)(H,23,30). The van der Waals surface area contributed by atoms with Crippen LogP contribution >= 0.6 is 37.9 Å². The van der Waals surface area contributed by atoms with Gasteiger partial charge in [-0.05, 0) is 6.42 Å². The number of carbonyl (C=O) groups is 6. The number of hydrogen-bond donors (Lipinski definition) is 7. The van der Waals surface area contributed by atoms with Gasteiger partial charge in [-0.2, -0.15) is 37.9 Å². The number of ether oxygens (including phenoxy) is 3. The Balaban J connectivity index is 4.97. The number of urea groups is 1. The summed E-state index contributed by atoms with van der Waals surface area (Å²) in [7, 11) is 0. The fourth-order valence-electron chi connectivity index (χ4n) is 2.36. The molecule has 6 amide bonds. The van der Waals surface area contributed by atoms with E-state index in [1.165, 1.54) is 0 Å². The molecule has 1 unspecified atom stereocenters. The highest BCUT2D eigenvalue weighted by atomic mass is 32.1. The lowest BCUT2D eigenvalue weighted by Gasteiger charge is -2.24. The zero-order valence-corrected chi connectivity index (χ0v) is 22.3. The van der Waals surface area contributed by atoms with Crippen LogP contribution in [-0.4, -0.2) is 111 Å². The van der Waals surface area contributed by atoms with Crippen molar-refractivity contribution in [2.45, 2.75) is 6.42 Å². The molecule has 0 fully saturated rings. The van der Waals surface area contributed by atoms with Crippen molar-refractivity contribution in [2.24, 2.45) is 5.92 Å². The normalized spacial score (nSPS) is 10.9. The van der Waals surface area contributed by atoms with E-state index >= 15 is 0 Å². The summed E-state index contributed by atoms with van der Waals surface area (Å²) in [5, 5.41) is 9.60. The maximum absolute atomic E-state index is 12.9. The summed E-state index contributed by atoms with van der Waals surface area (Å²) in [6.45, 7) is -0.283. The van der Waals surface area contributed by atoms with Gasteiger partial charge in [-0.25, -0.2) is 19.2 Å². The molecule has 0 aromatic carbocycles. The molecule has 0 aliphatic heterocycles. The molecule has 0 rings (SSSR count). The SMILES string of the molecule is O=CC(CCNC(=O)OCCS)C(=O)N(CCNC(=O)OCCS)C(=O)NCCNC(=O)OCCS. The minimum Gasteiger partial charge on any atom is -0.449 e. The summed E-state index contributed by atoms with van der Waals surface area (Å²) in [5.41, 5.74) is 0. The molecule has 36 heavy (non-hydrogen) atoms. The Morgan fingerprint density at radius 1 is 0.694 bits per heavy atom. The molecule has 0 radical (unpaired) electrons. The summed E-state index contributed by atoms with van der Waals surface area (Å²) in [5.74, 6) is -1.11. The zero-order valence-electron chi connectivity index (χ0n) is 19.6. The van der Waals surface area contributed by atoms with Crippen LogP contribution in [0.5, 0.6) is 0 Å². The number of nitrogens with one attached hydrogen (secondary N) is 4. The second kappa shape index (κ2) is 21.7. The number of rotatable bonds is 17. The lowest BCUT2D eigenvalue weighted by molar-refractivity contribution is -0.135. The maximum atomic E-state index is 12.9. The molecular formula is C19H33N5O9S3. The second-order valence-corrected chi connectivity index (χ2v) is 7.95. The summed E-state index contributed by atoms with van der Waals surface area (Å²) in [4.78, 5) is 72.4. The quantitative estimate of drug-likeness (QED) is 0.0405. The van der Waals surface area contributed by atoms with Crippen LogP contribution in [0.4, 0.5) is 19.2 Å². The minimum absolute atomic E-state index is 0.00288. The molecule has 0 saturated carbocycles. The van der Waals surface area contributed by atoms with Gasteiger partial charge in [0.2, 0.25) is 5.91 Å². The molecule has 0 aliphatic carbocycles. The van der Waals surface area contributed by atoms with E-state index in [2.05, 4.69) is 59.2 Å². The van der Waals surface area contributed by atoms with E-state index < -0.39 is 36.1 Å². The number of imide groups is 1. The van der Waals surface area contributed by atoms with Crippen LogP contribution in [0.3, 0.4) is 0 Å². The largest absolute Gasteiger partial charge is 0.449 e. The second-order valence-electron chi connectivity index (χ2n) is 6.61. The summed E-state index contributed by atoms with van der Waals surface area (Å²) < 4.78 is 14.3. The highest BCUT2D eigenvalue weighted by molar-refractivity contribution is 7.80. The van der Waals surface area contributed by atoms with Crippen molar-refractivity contribution in [1.29, 1.82) is 0 Å². The number of nitrogens with zero attached hydrogens (tertiary/aromatic N) is 1. The summed E-state index contributed by atoms with van der Waals surface area (Å²) in [6.07, 6.45) is -1.94. The molecular weight excluding hydrogens is 538 g/mol. The summed E-state index contributed by atoms with van der Waals surface area (Å²) >= 11 is 11.7. The zero-order chi connectivity index (χ0) is 27.2. The maximum Gasteiger partial charge on any atom is 0.407 e. The Labute approximate surface area is 225 Å². The molecule has 0 spiro atoms. The fourth-order valence-corrected chi connectivity index (χ4v) is 2.63. The van der Waals surface area contributed by atoms with Gasteiger partial charge in [0.15, 0.2) is 0 Å². The average Bonchev–Trinajstić information content (AvgIpc) is 2.87. The Bertz CT molecular complexity index is 718. The van der Waals surface area contributed by atoms with Crippen molar-refractivity contribution in [2.75, 3.05) is 69.8 Å². The lowest BCUT2D eigenvalue weighted by atomic mass is 10.1. The third-order valence-electron chi connectivity index (χ3n) is 3.97. The molecule has 17 heteroatoms. The van der Waals surface area contributed by atoms with E-state index in [-0.39, 0.29) is 59.0 Å². The highest BCUT2D eigenvalue weighted by Crippen LogP contribution is 2.06. The number of hydrogen-bond acceptors (Lipinski definition) is 12. The third kappa shape index (κ3) is 16.2. The van der Waals surface area contributed by atoms with E-state index in [0.29, 0.717) is 23.5 Å². The summed E-state index contributed by atoms with van der Waals surface area (Å²) in [6, 6.07) is -0.857. The van der Waals surface area contributed by atoms with Crippen LogP contribution < -0.4 is 21.3 Å². The van der Waals surface area contributed by atoms with Gasteiger partial charge in [0.05, 0.1) is 5.92 Å². The minimum atomic E-state index is -1.26.